The average molecular weight is 388 g/mol. The molecule has 0 saturated carbocycles. The van der Waals surface area contributed by atoms with E-state index in [1.165, 1.54) is 24.1 Å². The molecule has 2 aromatic carbocycles. The minimum Gasteiger partial charge on any atom is -0.493 e. The number of urea groups is 1. The lowest BCUT2D eigenvalue weighted by Gasteiger charge is -2.30. The number of amides is 2. The predicted octanol–water partition coefficient (Wildman–Crippen LogP) is 3.96. The van der Waals surface area contributed by atoms with Gasteiger partial charge >= 0.3 is 12.0 Å². The topological polar surface area (TPSA) is 88.1 Å². The fourth-order valence-electron chi connectivity index (χ4n) is 3.05. The molecule has 1 heterocycles. The van der Waals surface area contributed by atoms with Crippen LogP contribution in [0.1, 0.15) is 12.8 Å². The largest absolute Gasteiger partial charge is 0.493 e. The van der Waals surface area contributed by atoms with Crippen LogP contribution in [-0.2, 0) is 4.79 Å². The molecule has 0 aliphatic carbocycles. The van der Waals surface area contributed by atoms with E-state index < -0.39 is 23.7 Å². The SMILES string of the molecule is COc1ccccc1Oc1ccc(NC(=O)N2CCCC(C(=O)O)C2)cc1F. The summed E-state index contributed by atoms with van der Waals surface area (Å²) < 4.78 is 25.2. The second kappa shape index (κ2) is 8.60. The Morgan fingerprint density at radius 1 is 1.18 bits per heavy atom. The first-order valence-corrected chi connectivity index (χ1v) is 8.87. The van der Waals surface area contributed by atoms with Gasteiger partial charge in [-0.25, -0.2) is 9.18 Å². The van der Waals surface area contributed by atoms with Gasteiger partial charge < -0.3 is 24.8 Å². The molecule has 1 saturated heterocycles. The molecule has 0 aromatic heterocycles. The number of carboxylic acids is 1. The summed E-state index contributed by atoms with van der Waals surface area (Å²) >= 11 is 0. The van der Waals surface area contributed by atoms with E-state index in [4.69, 9.17) is 14.6 Å². The van der Waals surface area contributed by atoms with E-state index in [1.54, 1.807) is 24.3 Å². The van der Waals surface area contributed by atoms with E-state index in [1.807, 2.05) is 0 Å². The summed E-state index contributed by atoms with van der Waals surface area (Å²) in [5, 5.41) is 11.7. The number of methoxy groups -OCH3 is 1. The van der Waals surface area contributed by atoms with Crippen molar-refractivity contribution < 1.29 is 28.6 Å². The monoisotopic (exact) mass is 388 g/mol. The van der Waals surface area contributed by atoms with E-state index in [9.17, 15) is 14.0 Å². The first kappa shape index (κ1) is 19.5. The normalized spacial score (nSPS) is 16.4. The van der Waals surface area contributed by atoms with E-state index in [0.717, 1.165) is 6.07 Å². The number of rotatable bonds is 5. The predicted molar refractivity (Wildman–Crippen MR) is 100 cm³/mol. The molecule has 1 fully saturated rings. The number of nitrogens with zero attached hydrogens (tertiary/aromatic N) is 1. The van der Waals surface area contributed by atoms with Gasteiger partial charge in [0.2, 0.25) is 0 Å². The number of para-hydroxylation sites is 2. The molecule has 1 atom stereocenters. The van der Waals surface area contributed by atoms with Gasteiger partial charge in [-0.05, 0) is 37.1 Å². The van der Waals surface area contributed by atoms with Crippen LogP contribution in [0.25, 0.3) is 0 Å². The number of nitrogens with one attached hydrogen (secondary N) is 1. The standard InChI is InChI=1S/C20H21FN2O5/c1-27-17-6-2-3-7-18(17)28-16-9-8-14(11-15(16)21)22-20(26)23-10-4-5-13(12-23)19(24)25/h2-3,6-9,11,13H,4-5,10,12H2,1H3,(H,22,26)(H,24,25). The molecule has 0 spiro atoms. The number of ether oxygens (including phenoxy) is 2. The Labute approximate surface area is 161 Å². The fraction of sp³-hybridized carbons (Fsp3) is 0.300. The Morgan fingerprint density at radius 2 is 1.93 bits per heavy atom. The Kier molecular flexibility index (Phi) is 5.98. The number of carbonyl (C=O) groups is 2. The highest BCUT2D eigenvalue weighted by atomic mass is 19.1. The Bertz CT molecular complexity index is 873. The Hall–Kier alpha value is -3.29. The fourth-order valence-corrected chi connectivity index (χ4v) is 3.05. The van der Waals surface area contributed by atoms with Crippen LogP contribution in [0.15, 0.2) is 42.5 Å². The molecule has 7 nitrogen and oxygen atoms in total. The van der Waals surface area contributed by atoms with Crippen LogP contribution in [0.4, 0.5) is 14.9 Å². The maximum absolute atomic E-state index is 14.4. The van der Waals surface area contributed by atoms with E-state index in [2.05, 4.69) is 5.32 Å². The van der Waals surface area contributed by atoms with Gasteiger partial charge in [0.25, 0.3) is 0 Å². The first-order chi connectivity index (χ1) is 13.5. The highest BCUT2D eigenvalue weighted by molar-refractivity contribution is 5.89. The number of benzene rings is 2. The smallest absolute Gasteiger partial charge is 0.321 e. The van der Waals surface area contributed by atoms with Crippen molar-refractivity contribution in [3.05, 3.63) is 48.3 Å². The summed E-state index contributed by atoms with van der Waals surface area (Å²) in [5.74, 6) is -1.31. The van der Waals surface area contributed by atoms with Crippen LogP contribution in [0, 0.1) is 11.7 Å². The number of piperidine rings is 1. The van der Waals surface area contributed by atoms with Crippen LogP contribution >= 0.6 is 0 Å². The number of halogens is 1. The number of anilines is 1. The van der Waals surface area contributed by atoms with Crippen LogP contribution in [-0.4, -0.2) is 42.2 Å². The van der Waals surface area contributed by atoms with Crippen molar-refractivity contribution in [2.75, 3.05) is 25.5 Å². The molecular formula is C20H21FN2O5. The Balaban J connectivity index is 1.67. The number of hydrogen-bond donors (Lipinski definition) is 2. The van der Waals surface area contributed by atoms with E-state index in [0.29, 0.717) is 30.9 Å². The minimum atomic E-state index is -0.915. The number of aliphatic carboxylic acids is 1. The van der Waals surface area contributed by atoms with Crippen molar-refractivity contribution in [1.82, 2.24) is 4.90 Å². The maximum atomic E-state index is 14.4. The molecule has 1 aliphatic heterocycles. The van der Waals surface area contributed by atoms with Crippen LogP contribution in [0.3, 0.4) is 0 Å². The minimum absolute atomic E-state index is 0.00795. The first-order valence-electron chi connectivity index (χ1n) is 8.87. The maximum Gasteiger partial charge on any atom is 0.321 e. The van der Waals surface area contributed by atoms with Crippen molar-refractivity contribution >= 4 is 17.7 Å². The van der Waals surface area contributed by atoms with Crippen LogP contribution in [0.5, 0.6) is 17.2 Å². The summed E-state index contributed by atoms with van der Waals surface area (Å²) in [6.07, 6.45) is 1.16. The molecule has 148 valence electrons. The summed E-state index contributed by atoms with van der Waals surface area (Å²) in [6, 6.07) is 10.5. The lowest BCUT2D eigenvalue weighted by molar-refractivity contribution is -0.143. The number of carboxylic acid groups (broad SMARTS) is 1. The zero-order valence-electron chi connectivity index (χ0n) is 15.4. The second-order valence-electron chi connectivity index (χ2n) is 6.45. The molecule has 0 radical (unpaired) electrons. The van der Waals surface area contributed by atoms with Crippen molar-refractivity contribution in [3.8, 4) is 17.2 Å². The quantitative estimate of drug-likeness (QED) is 0.810. The summed E-state index contributed by atoms with van der Waals surface area (Å²) in [4.78, 5) is 24.9. The summed E-state index contributed by atoms with van der Waals surface area (Å²) in [6.45, 7) is 0.603. The van der Waals surface area contributed by atoms with Crippen molar-refractivity contribution in [3.63, 3.8) is 0 Å². The highest BCUT2D eigenvalue weighted by Crippen LogP contribution is 2.33. The Morgan fingerprint density at radius 3 is 2.61 bits per heavy atom. The van der Waals surface area contributed by atoms with Gasteiger partial charge in [-0.1, -0.05) is 12.1 Å². The number of likely N-dealkylation sites (tertiary alicyclic amines) is 1. The third-order valence-electron chi connectivity index (χ3n) is 4.53. The van der Waals surface area contributed by atoms with Crippen molar-refractivity contribution in [2.24, 2.45) is 5.92 Å². The summed E-state index contributed by atoms with van der Waals surface area (Å²) in [7, 11) is 1.49. The molecule has 2 amide bonds. The lowest BCUT2D eigenvalue weighted by Crippen LogP contribution is -2.44. The van der Waals surface area contributed by atoms with Gasteiger partial charge in [-0.3, -0.25) is 4.79 Å². The zero-order chi connectivity index (χ0) is 20.1. The molecule has 2 N–H and O–H groups in total. The molecule has 2 aromatic rings. The molecule has 1 unspecified atom stereocenters. The second-order valence-corrected chi connectivity index (χ2v) is 6.45. The molecule has 8 heteroatoms. The van der Waals surface area contributed by atoms with Crippen molar-refractivity contribution in [1.29, 1.82) is 0 Å². The number of hydrogen-bond acceptors (Lipinski definition) is 4. The van der Waals surface area contributed by atoms with Crippen LogP contribution in [0.2, 0.25) is 0 Å². The third-order valence-corrected chi connectivity index (χ3v) is 4.53. The van der Waals surface area contributed by atoms with Gasteiger partial charge in [0.1, 0.15) is 0 Å². The molecule has 28 heavy (non-hydrogen) atoms. The van der Waals surface area contributed by atoms with E-state index in [-0.39, 0.29) is 18.0 Å². The van der Waals surface area contributed by atoms with E-state index >= 15 is 0 Å². The molecular weight excluding hydrogens is 367 g/mol. The number of carbonyl (C=O) groups excluding carboxylic acids is 1. The summed E-state index contributed by atoms with van der Waals surface area (Å²) in [5.41, 5.74) is 0.257. The lowest BCUT2D eigenvalue weighted by atomic mass is 9.99. The van der Waals surface area contributed by atoms with Gasteiger partial charge in [-0.15, -0.1) is 0 Å². The van der Waals surface area contributed by atoms with Gasteiger partial charge in [-0.2, -0.15) is 0 Å². The van der Waals surface area contributed by atoms with Crippen molar-refractivity contribution in [2.45, 2.75) is 12.8 Å². The van der Waals surface area contributed by atoms with Gasteiger partial charge in [0, 0.05) is 24.8 Å². The molecule has 0 bridgehead atoms. The van der Waals surface area contributed by atoms with Gasteiger partial charge in [0.15, 0.2) is 23.1 Å². The molecule has 1 aliphatic rings. The highest BCUT2D eigenvalue weighted by Gasteiger charge is 2.28. The van der Waals surface area contributed by atoms with Gasteiger partial charge in [0.05, 0.1) is 13.0 Å². The third kappa shape index (κ3) is 4.51. The molecule has 3 rings (SSSR count). The zero-order valence-corrected chi connectivity index (χ0v) is 15.4. The average Bonchev–Trinajstić information content (AvgIpc) is 2.70. The van der Waals surface area contributed by atoms with Crippen LogP contribution < -0.4 is 14.8 Å².